The predicted octanol–water partition coefficient (Wildman–Crippen LogP) is 3.34. The number of carbonyl (C=O) groups is 2. The second-order valence-electron chi connectivity index (χ2n) is 4.72. The minimum Gasteiger partial charge on any atom is -0.462 e. The second kappa shape index (κ2) is 6.93. The molecule has 0 bridgehead atoms. The van der Waals surface area contributed by atoms with Gasteiger partial charge in [-0.3, -0.25) is 0 Å². The van der Waals surface area contributed by atoms with Crippen molar-refractivity contribution in [1.82, 2.24) is 4.98 Å². The van der Waals surface area contributed by atoms with Crippen LogP contribution in [-0.2, 0) is 9.47 Å². The van der Waals surface area contributed by atoms with Gasteiger partial charge in [-0.1, -0.05) is 12.1 Å². The average Bonchev–Trinajstić information content (AvgIpc) is 2.90. The molecule has 0 saturated carbocycles. The van der Waals surface area contributed by atoms with E-state index in [1.54, 1.807) is 44.3 Å². The monoisotopic (exact) mass is 301 g/mol. The van der Waals surface area contributed by atoms with Crippen LogP contribution in [-0.4, -0.2) is 30.1 Å². The SMILES string of the molecule is CCOC(=O)c1ccc(-c2c[nH]c(C)c2C(=O)OCC)cc1. The van der Waals surface area contributed by atoms with Crippen LogP contribution in [0.15, 0.2) is 30.5 Å². The van der Waals surface area contributed by atoms with Crippen molar-refractivity contribution in [2.75, 3.05) is 13.2 Å². The van der Waals surface area contributed by atoms with Crippen molar-refractivity contribution in [2.45, 2.75) is 20.8 Å². The Morgan fingerprint density at radius 1 is 1.00 bits per heavy atom. The maximum atomic E-state index is 12.1. The van der Waals surface area contributed by atoms with Gasteiger partial charge in [-0.05, 0) is 38.5 Å². The number of hydrogen-bond donors (Lipinski definition) is 1. The first kappa shape index (κ1) is 15.8. The lowest BCUT2D eigenvalue weighted by molar-refractivity contribution is 0.0516. The zero-order chi connectivity index (χ0) is 16.1. The molecular formula is C17H19NO4. The van der Waals surface area contributed by atoms with Crippen LogP contribution in [0.4, 0.5) is 0 Å². The Balaban J connectivity index is 2.33. The van der Waals surface area contributed by atoms with Crippen LogP contribution in [0.5, 0.6) is 0 Å². The van der Waals surface area contributed by atoms with Crippen molar-refractivity contribution in [3.63, 3.8) is 0 Å². The largest absolute Gasteiger partial charge is 0.462 e. The zero-order valence-corrected chi connectivity index (χ0v) is 12.9. The molecule has 2 rings (SSSR count). The van der Waals surface area contributed by atoms with E-state index in [9.17, 15) is 9.59 Å². The highest BCUT2D eigenvalue weighted by Gasteiger charge is 2.19. The Hall–Kier alpha value is -2.56. The lowest BCUT2D eigenvalue weighted by atomic mass is 10.0. The van der Waals surface area contributed by atoms with Crippen molar-refractivity contribution in [1.29, 1.82) is 0 Å². The van der Waals surface area contributed by atoms with E-state index in [1.807, 2.05) is 6.92 Å². The average molecular weight is 301 g/mol. The summed E-state index contributed by atoms with van der Waals surface area (Å²) in [6, 6.07) is 6.95. The van der Waals surface area contributed by atoms with Crippen molar-refractivity contribution in [3.8, 4) is 11.1 Å². The van der Waals surface area contributed by atoms with E-state index in [0.717, 1.165) is 16.8 Å². The van der Waals surface area contributed by atoms with Gasteiger partial charge in [0.05, 0.1) is 24.3 Å². The smallest absolute Gasteiger partial charge is 0.340 e. The highest BCUT2D eigenvalue weighted by atomic mass is 16.5. The Bertz CT molecular complexity index is 670. The van der Waals surface area contributed by atoms with E-state index in [4.69, 9.17) is 9.47 Å². The van der Waals surface area contributed by atoms with Crippen LogP contribution in [0.1, 0.15) is 40.3 Å². The summed E-state index contributed by atoms with van der Waals surface area (Å²) in [7, 11) is 0. The molecule has 0 atom stereocenters. The number of carbonyl (C=O) groups excluding carboxylic acids is 2. The first-order valence-electron chi connectivity index (χ1n) is 7.21. The van der Waals surface area contributed by atoms with Crippen LogP contribution in [0.2, 0.25) is 0 Å². The summed E-state index contributed by atoms with van der Waals surface area (Å²) in [6.07, 6.45) is 1.76. The molecule has 0 unspecified atom stereocenters. The van der Waals surface area contributed by atoms with E-state index in [0.29, 0.717) is 24.3 Å². The first-order valence-corrected chi connectivity index (χ1v) is 7.21. The van der Waals surface area contributed by atoms with Crippen LogP contribution in [0, 0.1) is 6.92 Å². The summed E-state index contributed by atoms with van der Waals surface area (Å²) < 4.78 is 10.0. The van der Waals surface area contributed by atoms with Gasteiger partial charge in [-0.2, -0.15) is 0 Å². The second-order valence-corrected chi connectivity index (χ2v) is 4.72. The number of aromatic nitrogens is 1. The van der Waals surface area contributed by atoms with E-state index in [-0.39, 0.29) is 11.9 Å². The molecule has 116 valence electrons. The molecule has 0 aliphatic carbocycles. The number of ether oxygens (including phenoxy) is 2. The number of aromatic amines is 1. The number of aryl methyl sites for hydroxylation is 1. The third-order valence-corrected chi connectivity index (χ3v) is 3.26. The quantitative estimate of drug-likeness (QED) is 0.860. The summed E-state index contributed by atoms with van der Waals surface area (Å²) in [4.78, 5) is 26.8. The van der Waals surface area contributed by atoms with E-state index < -0.39 is 0 Å². The van der Waals surface area contributed by atoms with Gasteiger partial charge in [0.2, 0.25) is 0 Å². The van der Waals surface area contributed by atoms with Gasteiger partial charge in [0.25, 0.3) is 0 Å². The molecule has 2 aromatic rings. The molecular weight excluding hydrogens is 282 g/mol. The standard InChI is InChI=1S/C17H19NO4/c1-4-21-16(19)13-8-6-12(7-9-13)14-10-18-11(3)15(14)17(20)22-5-2/h6-10,18H,4-5H2,1-3H3. The molecule has 0 amide bonds. The molecule has 0 saturated heterocycles. The molecule has 1 N–H and O–H groups in total. The van der Waals surface area contributed by atoms with Gasteiger partial charge in [0.1, 0.15) is 0 Å². The molecule has 1 heterocycles. The van der Waals surface area contributed by atoms with Crippen molar-refractivity contribution >= 4 is 11.9 Å². The minimum absolute atomic E-state index is 0.324. The Labute approximate surface area is 129 Å². The van der Waals surface area contributed by atoms with Gasteiger partial charge in [-0.15, -0.1) is 0 Å². The molecule has 0 aliphatic heterocycles. The van der Waals surface area contributed by atoms with Crippen LogP contribution in [0.3, 0.4) is 0 Å². The minimum atomic E-state index is -0.357. The van der Waals surface area contributed by atoms with Gasteiger partial charge in [0, 0.05) is 17.5 Å². The fourth-order valence-electron chi connectivity index (χ4n) is 2.22. The highest BCUT2D eigenvalue weighted by molar-refractivity contribution is 5.99. The Kier molecular flexibility index (Phi) is 4.99. The third kappa shape index (κ3) is 3.19. The highest BCUT2D eigenvalue weighted by Crippen LogP contribution is 2.27. The summed E-state index contributed by atoms with van der Waals surface area (Å²) in [6.45, 7) is 6.02. The molecule has 0 spiro atoms. The number of benzene rings is 1. The first-order chi connectivity index (χ1) is 10.6. The molecule has 1 aromatic heterocycles. The number of nitrogens with one attached hydrogen (secondary N) is 1. The van der Waals surface area contributed by atoms with Gasteiger partial charge in [-0.25, -0.2) is 9.59 Å². The number of H-pyrrole nitrogens is 1. The fourth-order valence-corrected chi connectivity index (χ4v) is 2.22. The van der Waals surface area contributed by atoms with E-state index >= 15 is 0 Å². The fraction of sp³-hybridized carbons (Fsp3) is 0.294. The lowest BCUT2D eigenvalue weighted by Gasteiger charge is -2.06. The molecule has 0 aliphatic rings. The van der Waals surface area contributed by atoms with Gasteiger partial charge in [0.15, 0.2) is 0 Å². The van der Waals surface area contributed by atoms with Crippen LogP contribution < -0.4 is 0 Å². The van der Waals surface area contributed by atoms with Gasteiger partial charge >= 0.3 is 11.9 Å². The molecule has 5 nitrogen and oxygen atoms in total. The summed E-state index contributed by atoms with van der Waals surface area (Å²) in [5, 5.41) is 0. The molecule has 0 fully saturated rings. The van der Waals surface area contributed by atoms with E-state index in [1.165, 1.54) is 0 Å². The Morgan fingerprint density at radius 3 is 2.18 bits per heavy atom. The molecule has 0 radical (unpaired) electrons. The lowest BCUT2D eigenvalue weighted by Crippen LogP contribution is -2.07. The predicted molar refractivity (Wildman–Crippen MR) is 82.9 cm³/mol. The molecule has 5 heteroatoms. The zero-order valence-electron chi connectivity index (χ0n) is 12.9. The van der Waals surface area contributed by atoms with Crippen LogP contribution in [0.25, 0.3) is 11.1 Å². The number of rotatable bonds is 5. The summed E-state index contributed by atoms with van der Waals surface area (Å²) in [5.41, 5.74) is 3.34. The van der Waals surface area contributed by atoms with Crippen molar-refractivity contribution < 1.29 is 19.1 Å². The number of esters is 2. The summed E-state index contributed by atoms with van der Waals surface area (Å²) >= 11 is 0. The molecule has 1 aromatic carbocycles. The molecule has 22 heavy (non-hydrogen) atoms. The maximum Gasteiger partial charge on any atom is 0.340 e. The maximum absolute atomic E-state index is 12.1. The van der Waals surface area contributed by atoms with Crippen LogP contribution >= 0.6 is 0 Å². The number of hydrogen-bond acceptors (Lipinski definition) is 4. The topological polar surface area (TPSA) is 68.4 Å². The third-order valence-electron chi connectivity index (χ3n) is 3.26. The van der Waals surface area contributed by atoms with Gasteiger partial charge < -0.3 is 14.5 Å². The Morgan fingerprint density at radius 2 is 1.59 bits per heavy atom. The summed E-state index contributed by atoms with van der Waals surface area (Å²) in [5.74, 6) is -0.712. The van der Waals surface area contributed by atoms with Crippen molar-refractivity contribution in [2.24, 2.45) is 0 Å². The van der Waals surface area contributed by atoms with Crippen molar-refractivity contribution in [3.05, 3.63) is 47.3 Å². The van der Waals surface area contributed by atoms with E-state index in [2.05, 4.69) is 4.98 Å². The normalized spacial score (nSPS) is 10.3.